The van der Waals surface area contributed by atoms with E-state index in [1.165, 1.54) is 25.7 Å². The number of methoxy groups -OCH3 is 1. The van der Waals surface area contributed by atoms with E-state index in [0.29, 0.717) is 11.8 Å². The van der Waals surface area contributed by atoms with Crippen LogP contribution in [0.15, 0.2) is 12.1 Å². The summed E-state index contributed by atoms with van der Waals surface area (Å²) in [4.78, 5) is 11.3. The zero-order chi connectivity index (χ0) is 15.0. The number of nitrogens with two attached hydrogens (primary N) is 1. The predicted octanol–water partition coefficient (Wildman–Crippen LogP) is 1.90. The smallest absolute Gasteiger partial charge is 0.215 e. The maximum atomic E-state index is 6.13. The number of rotatable bonds is 4. The van der Waals surface area contributed by atoms with Crippen molar-refractivity contribution in [3.63, 3.8) is 0 Å². The second-order valence-corrected chi connectivity index (χ2v) is 6.08. The molecule has 2 heterocycles. The summed E-state index contributed by atoms with van der Waals surface area (Å²) in [6.07, 6.45) is 4.90. The molecule has 1 fully saturated rings. The molecule has 1 saturated carbocycles. The Balaban J connectivity index is 2.05. The third kappa shape index (κ3) is 2.33. The molecule has 0 saturated heterocycles. The number of imidazole rings is 1. The van der Waals surface area contributed by atoms with E-state index in [4.69, 9.17) is 10.5 Å². The minimum Gasteiger partial charge on any atom is -0.481 e. The summed E-state index contributed by atoms with van der Waals surface area (Å²) >= 11 is 0. The van der Waals surface area contributed by atoms with Crippen molar-refractivity contribution in [3.8, 4) is 5.88 Å². The van der Waals surface area contributed by atoms with E-state index in [0.717, 1.165) is 17.7 Å². The summed E-state index contributed by atoms with van der Waals surface area (Å²) in [5.41, 5.74) is 7.91. The summed E-state index contributed by atoms with van der Waals surface area (Å²) in [7, 11) is 5.92. The number of aromatic nitrogens is 3. The number of pyridine rings is 1. The molecule has 21 heavy (non-hydrogen) atoms. The lowest BCUT2D eigenvalue weighted by Crippen LogP contribution is -2.45. The number of ether oxygens (including phenoxy) is 1. The van der Waals surface area contributed by atoms with Gasteiger partial charge in [0.25, 0.3) is 0 Å². The lowest BCUT2D eigenvalue weighted by atomic mass is 9.96. The highest BCUT2D eigenvalue weighted by molar-refractivity contribution is 5.74. The van der Waals surface area contributed by atoms with Gasteiger partial charge in [-0.3, -0.25) is 4.57 Å². The minimum absolute atomic E-state index is 0.145. The van der Waals surface area contributed by atoms with Crippen molar-refractivity contribution in [1.29, 1.82) is 0 Å². The van der Waals surface area contributed by atoms with Crippen LogP contribution < -0.4 is 10.5 Å². The van der Waals surface area contributed by atoms with Gasteiger partial charge in [-0.05, 0) is 33.0 Å². The van der Waals surface area contributed by atoms with Gasteiger partial charge in [-0.15, -0.1) is 0 Å². The van der Waals surface area contributed by atoms with Gasteiger partial charge in [0.15, 0.2) is 5.65 Å². The predicted molar refractivity (Wildman–Crippen MR) is 83.4 cm³/mol. The molecule has 0 unspecified atom stereocenters. The first kappa shape index (κ1) is 14.1. The summed E-state index contributed by atoms with van der Waals surface area (Å²) < 4.78 is 7.26. The molecule has 0 spiro atoms. The Morgan fingerprint density at radius 3 is 2.62 bits per heavy atom. The quantitative estimate of drug-likeness (QED) is 0.931. The van der Waals surface area contributed by atoms with E-state index >= 15 is 0 Å². The van der Waals surface area contributed by atoms with E-state index < -0.39 is 0 Å². The van der Waals surface area contributed by atoms with Gasteiger partial charge < -0.3 is 15.4 Å². The largest absolute Gasteiger partial charge is 0.481 e. The fraction of sp³-hybridized carbons (Fsp3) is 0.600. The van der Waals surface area contributed by atoms with Crippen LogP contribution in [-0.2, 0) is 6.54 Å². The molecule has 0 radical (unpaired) electrons. The fourth-order valence-corrected chi connectivity index (χ4v) is 3.35. The first-order chi connectivity index (χ1) is 10.1. The van der Waals surface area contributed by atoms with Gasteiger partial charge in [-0.25, -0.2) is 4.98 Å². The van der Waals surface area contributed by atoms with Crippen LogP contribution >= 0.6 is 0 Å². The Kier molecular flexibility index (Phi) is 3.49. The molecule has 6 heteroatoms. The molecule has 0 bridgehead atoms. The molecule has 2 aromatic rings. The van der Waals surface area contributed by atoms with Crippen molar-refractivity contribution in [2.45, 2.75) is 37.8 Å². The van der Waals surface area contributed by atoms with Gasteiger partial charge in [0.2, 0.25) is 11.8 Å². The molecule has 6 nitrogen and oxygen atoms in total. The molecule has 0 atom stereocenters. The topological polar surface area (TPSA) is 69.2 Å². The van der Waals surface area contributed by atoms with Crippen molar-refractivity contribution in [2.75, 3.05) is 26.9 Å². The van der Waals surface area contributed by atoms with E-state index in [1.54, 1.807) is 7.11 Å². The van der Waals surface area contributed by atoms with Gasteiger partial charge >= 0.3 is 0 Å². The number of nitrogen functional groups attached to an aromatic ring is 1. The Morgan fingerprint density at radius 2 is 2.00 bits per heavy atom. The van der Waals surface area contributed by atoms with Crippen LogP contribution in [-0.4, -0.2) is 46.2 Å². The molecule has 1 aliphatic carbocycles. The van der Waals surface area contributed by atoms with Crippen molar-refractivity contribution in [2.24, 2.45) is 0 Å². The molecular formula is C15H23N5O. The molecule has 2 N–H and O–H groups in total. The fourth-order valence-electron chi connectivity index (χ4n) is 3.35. The number of nitrogens with zero attached hydrogens (tertiary/aromatic N) is 4. The minimum atomic E-state index is 0.145. The van der Waals surface area contributed by atoms with E-state index in [1.807, 2.05) is 16.7 Å². The van der Waals surface area contributed by atoms with E-state index in [2.05, 4.69) is 29.0 Å². The van der Waals surface area contributed by atoms with Gasteiger partial charge in [-0.1, -0.05) is 12.8 Å². The second kappa shape index (κ2) is 5.18. The van der Waals surface area contributed by atoms with Crippen molar-refractivity contribution in [3.05, 3.63) is 12.1 Å². The van der Waals surface area contributed by atoms with Crippen molar-refractivity contribution < 1.29 is 4.74 Å². The summed E-state index contributed by atoms with van der Waals surface area (Å²) in [6.45, 7) is 0.822. The normalized spacial score (nSPS) is 17.7. The second-order valence-electron chi connectivity index (χ2n) is 6.08. The van der Waals surface area contributed by atoms with E-state index in [9.17, 15) is 0 Å². The first-order valence-corrected chi connectivity index (χ1v) is 7.40. The molecule has 3 rings (SSSR count). The van der Waals surface area contributed by atoms with Crippen LogP contribution in [0.5, 0.6) is 5.88 Å². The SMILES string of the molecule is COc1ccc2nc(N)n(CC3(N(C)C)CCCC3)c2n1. The zero-order valence-corrected chi connectivity index (χ0v) is 13.0. The molecule has 0 aliphatic heterocycles. The lowest BCUT2D eigenvalue weighted by molar-refractivity contribution is 0.136. The Hall–Kier alpha value is -1.82. The molecule has 0 amide bonds. The summed E-state index contributed by atoms with van der Waals surface area (Å²) in [6, 6.07) is 3.72. The monoisotopic (exact) mass is 289 g/mol. The van der Waals surface area contributed by atoms with Crippen molar-refractivity contribution >= 4 is 17.1 Å². The first-order valence-electron chi connectivity index (χ1n) is 7.40. The van der Waals surface area contributed by atoms with Crippen LogP contribution in [0.4, 0.5) is 5.95 Å². The summed E-state index contributed by atoms with van der Waals surface area (Å²) in [5.74, 6) is 1.12. The highest BCUT2D eigenvalue weighted by Crippen LogP contribution is 2.36. The van der Waals surface area contributed by atoms with Crippen molar-refractivity contribution in [1.82, 2.24) is 19.4 Å². The van der Waals surface area contributed by atoms with Gasteiger partial charge in [0.05, 0.1) is 7.11 Å². The maximum Gasteiger partial charge on any atom is 0.215 e. The average molecular weight is 289 g/mol. The number of anilines is 1. The molecule has 2 aromatic heterocycles. The average Bonchev–Trinajstić information content (AvgIpc) is 3.05. The summed E-state index contributed by atoms with van der Waals surface area (Å²) in [5, 5.41) is 0. The third-order valence-electron chi connectivity index (χ3n) is 4.74. The Morgan fingerprint density at radius 1 is 1.29 bits per heavy atom. The lowest BCUT2D eigenvalue weighted by Gasteiger charge is -2.36. The highest BCUT2D eigenvalue weighted by Gasteiger charge is 2.37. The molecule has 114 valence electrons. The van der Waals surface area contributed by atoms with Crippen LogP contribution in [0.3, 0.4) is 0 Å². The van der Waals surface area contributed by atoms with Gasteiger partial charge in [0, 0.05) is 18.2 Å². The number of likely N-dealkylation sites (N-methyl/N-ethyl adjacent to an activating group) is 1. The Bertz CT molecular complexity index is 643. The van der Waals surface area contributed by atoms with Gasteiger partial charge in [-0.2, -0.15) is 4.98 Å². The number of fused-ring (bicyclic) bond motifs is 1. The molecule has 0 aromatic carbocycles. The van der Waals surface area contributed by atoms with E-state index in [-0.39, 0.29) is 5.54 Å². The maximum absolute atomic E-state index is 6.13. The third-order valence-corrected chi connectivity index (χ3v) is 4.74. The van der Waals surface area contributed by atoms with Crippen LogP contribution in [0.25, 0.3) is 11.2 Å². The Labute approximate surface area is 124 Å². The number of hydrogen-bond acceptors (Lipinski definition) is 5. The molecular weight excluding hydrogens is 266 g/mol. The zero-order valence-electron chi connectivity index (χ0n) is 13.0. The number of hydrogen-bond donors (Lipinski definition) is 1. The van der Waals surface area contributed by atoms with Gasteiger partial charge in [0.1, 0.15) is 5.52 Å². The molecule has 1 aliphatic rings. The highest BCUT2D eigenvalue weighted by atomic mass is 16.5. The van der Waals surface area contributed by atoms with Crippen LogP contribution in [0, 0.1) is 0 Å². The van der Waals surface area contributed by atoms with Crippen LogP contribution in [0.2, 0.25) is 0 Å². The standard InChI is InChI=1S/C15H23N5O/c1-19(2)15(8-4-5-9-15)10-20-13-11(17-14(20)16)6-7-12(18-13)21-3/h6-7H,4-5,8-10H2,1-3H3,(H2,16,17). The van der Waals surface area contributed by atoms with Crippen LogP contribution in [0.1, 0.15) is 25.7 Å².